The number of allylic oxidation sites excluding steroid dienone is 1. The number of piperazine rings is 1. The lowest BCUT2D eigenvalue weighted by atomic mass is 9.32. The molecule has 5 aliphatic rings. The van der Waals surface area contributed by atoms with E-state index in [9.17, 15) is 13.6 Å². The summed E-state index contributed by atoms with van der Waals surface area (Å²) in [7, 11) is 0. The van der Waals surface area contributed by atoms with Crippen LogP contribution in [-0.4, -0.2) is 55.1 Å². The van der Waals surface area contributed by atoms with Gasteiger partial charge >= 0.3 is 5.97 Å². The molecule has 6 heteroatoms. The first-order valence-electron chi connectivity index (χ1n) is 11.9. The Bertz CT molecular complexity index is 910. The van der Waals surface area contributed by atoms with Gasteiger partial charge in [0.1, 0.15) is 0 Å². The number of hydrogen-bond donors (Lipinski definition) is 1. The molecular weight excluding hydrogens is 410 g/mol. The quantitative estimate of drug-likeness (QED) is 0.593. The van der Waals surface area contributed by atoms with Crippen molar-refractivity contribution in [1.29, 1.82) is 0 Å². The molecule has 1 aliphatic heterocycles. The van der Waals surface area contributed by atoms with Crippen LogP contribution in [0.2, 0.25) is 0 Å². The second kappa shape index (κ2) is 7.54. The fourth-order valence-electron chi connectivity index (χ4n) is 6.74. The summed E-state index contributed by atoms with van der Waals surface area (Å²) in [4.78, 5) is 15.9. The molecule has 4 fully saturated rings. The van der Waals surface area contributed by atoms with Crippen molar-refractivity contribution in [3.63, 3.8) is 0 Å². The Kier molecular flexibility index (Phi) is 5.16. The molecule has 1 N–H and O–H groups in total. The van der Waals surface area contributed by atoms with E-state index in [1.165, 1.54) is 17.6 Å². The van der Waals surface area contributed by atoms with Crippen molar-refractivity contribution in [2.75, 3.05) is 37.6 Å². The highest BCUT2D eigenvalue weighted by Crippen LogP contribution is 2.79. The van der Waals surface area contributed by atoms with Crippen LogP contribution >= 0.6 is 0 Å². The largest absolute Gasteiger partial charge is 0.478 e. The number of hydrogen-bond acceptors (Lipinski definition) is 3. The maximum atomic E-state index is 13.4. The Morgan fingerprint density at radius 2 is 1.69 bits per heavy atom. The number of benzene rings is 1. The van der Waals surface area contributed by atoms with Crippen molar-refractivity contribution in [1.82, 2.24) is 4.90 Å². The molecule has 4 aliphatic carbocycles. The first kappa shape index (κ1) is 21.9. The molecule has 0 aromatic heterocycles. The van der Waals surface area contributed by atoms with E-state index in [-0.39, 0.29) is 10.8 Å². The lowest BCUT2D eigenvalue weighted by molar-refractivity contribution is -0.250. The Labute approximate surface area is 189 Å². The molecule has 174 valence electrons. The van der Waals surface area contributed by atoms with Crippen LogP contribution in [0.25, 0.3) is 0 Å². The number of carboxylic acid groups (broad SMARTS) is 1. The highest BCUT2D eigenvalue weighted by molar-refractivity contribution is 5.88. The van der Waals surface area contributed by atoms with Gasteiger partial charge in [0.15, 0.2) is 0 Å². The minimum Gasteiger partial charge on any atom is -0.478 e. The molecule has 0 spiro atoms. The van der Waals surface area contributed by atoms with Gasteiger partial charge in [-0.15, -0.1) is 0 Å². The second-order valence-corrected chi connectivity index (χ2v) is 11.5. The summed E-state index contributed by atoms with van der Waals surface area (Å²) < 4.78 is 26.9. The van der Waals surface area contributed by atoms with E-state index >= 15 is 0 Å². The van der Waals surface area contributed by atoms with Crippen molar-refractivity contribution >= 4 is 11.7 Å². The van der Waals surface area contributed by atoms with E-state index in [0.717, 1.165) is 51.3 Å². The fourth-order valence-corrected chi connectivity index (χ4v) is 6.74. The second-order valence-electron chi connectivity index (χ2n) is 11.5. The molecule has 2 bridgehead atoms. The summed E-state index contributed by atoms with van der Waals surface area (Å²) in [6, 6.07) is 7.12. The normalized spacial score (nSPS) is 32.0. The number of alkyl halides is 2. The third kappa shape index (κ3) is 3.64. The Hall–Kier alpha value is -1.95. The maximum Gasteiger partial charge on any atom is 0.335 e. The number of carbonyl (C=O) groups is 1. The topological polar surface area (TPSA) is 43.8 Å². The SMILES string of the molecule is CC1(C)CCC(CN2CCN(c3ccc(C(=O)O)cc3)CC2)=C(C23CC(C(F)F)(C2)C3)C1. The van der Waals surface area contributed by atoms with Crippen LogP contribution in [0.3, 0.4) is 0 Å². The molecule has 1 heterocycles. The Morgan fingerprint density at radius 3 is 2.25 bits per heavy atom. The highest BCUT2D eigenvalue weighted by Gasteiger charge is 2.73. The minimum atomic E-state index is -2.16. The standard InChI is InChI=1S/C26H34F2N2O2/c1-24(2)8-7-19(21(13-24)25-15-26(16-25,17-25)23(27)28)14-29-9-11-30(12-10-29)20-5-3-18(4-6-20)22(31)32/h3-6,23H,7-17H2,1-2H3,(H,31,32). The van der Waals surface area contributed by atoms with Crippen LogP contribution in [0.15, 0.2) is 35.4 Å². The average Bonchev–Trinajstić information content (AvgIpc) is 2.68. The zero-order chi connectivity index (χ0) is 22.7. The third-order valence-electron chi connectivity index (χ3n) is 8.63. The molecule has 1 aromatic rings. The highest BCUT2D eigenvalue weighted by atomic mass is 19.3. The van der Waals surface area contributed by atoms with E-state index in [1.807, 2.05) is 12.1 Å². The van der Waals surface area contributed by atoms with Crippen LogP contribution in [0.4, 0.5) is 14.5 Å². The summed E-state index contributed by atoms with van der Waals surface area (Å²) in [5.74, 6) is -0.899. The summed E-state index contributed by atoms with van der Waals surface area (Å²) in [5.41, 5.74) is 4.13. The maximum absolute atomic E-state index is 13.4. The van der Waals surface area contributed by atoms with E-state index < -0.39 is 17.8 Å². The van der Waals surface area contributed by atoms with Gasteiger partial charge in [-0.25, -0.2) is 13.6 Å². The molecule has 6 rings (SSSR count). The Morgan fingerprint density at radius 1 is 1.06 bits per heavy atom. The Balaban J connectivity index is 1.24. The number of carboxylic acids is 1. The van der Waals surface area contributed by atoms with Gasteiger partial charge in [-0.05, 0) is 73.6 Å². The van der Waals surface area contributed by atoms with E-state index in [4.69, 9.17) is 5.11 Å². The van der Waals surface area contributed by atoms with Crippen molar-refractivity contribution < 1.29 is 18.7 Å². The number of halogens is 2. The molecule has 0 unspecified atom stereocenters. The van der Waals surface area contributed by atoms with Gasteiger partial charge in [-0.1, -0.05) is 25.0 Å². The number of anilines is 1. The van der Waals surface area contributed by atoms with E-state index in [0.29, 0.717) is 24.8 Å². The molecule has 0 atom stereocenters. The van der Waals surface area contributed by atoms with E-state index in [2.05, 4.69) is 23.6 Å². The zero-order valence-electron chi connectivity index (χ0n) is 19.2. The number of nitrogens with zero attached hydrogens (tertiary/aromatic N) is 2. The van der Waals surface area contributed by atoms with Gasteiger partial charge < -0.3 is 10.0 Å². The van der Waals surface area contributed by atoms with E-state index in [1.54, 1.807) is 12.1 Å². The van der Waals surface area contributed by atoms with Gasteiger partial charge in [0.05, 0.1) is 5.56 Å². The molecule has 4 nitrogen and oxygen atoms in total. The summed E-state index contributed by atoms with van der Waals surface area (Å²) in [6.45, 7) is 9.39. The van der Waals surface area contributed by atoms with Gasteiger partial charge in [-0.3, -0.25) is 4.90 Å². The van der Waals surface area contributed by atoms with Crippen molar-refractivity contribution in [2.45, 2.75) is 58.8 Å². The monoisotopic (exact) mass is 444 g/mol. The lowest BCUT2D eigenvalue weighted by Crippen LogP contribution is -2.66. The van der Waals surface area contributed by atoms with Crippen LogP contribution < -0.4 is 4.90 Å². The molecule has 1 aromatic carbocycles. The first-order valence-corrected chi connectivity index (χ1v) is 11.9. The van der Waals surface area contributed by atoms with Crippen LogP contribution in [-0.2, 0) is 0 Å². The molecule has 32 heavy (non-hydrogen) atoms. The average molecular weight is 445 g/mol. The summed E-state index contributed by atoms with van der Waals surface area (Å²) >= 11 is 0. The van der Waals surface area contributed by atoms with Gasteiger partial charge in [0.2, 0.25) is 6.43 Å². The molecule has 0 amide bonds. The fraction of sp³-hybridized carbons (Fsp3) is 0.654. The van der Waals surface area contributed by atoms with Crippen molar-refractivity contribution in [3.05, 3.63) is 41.0 Å². The first-order chi connectivity index (χ1) is 15.1. The molecule has 1 saturated heterocycles. The van der Waals surface area contributed by atoms with Gasteiger partial charge in [-0.2, -0.15) is 0 Å². The molecule has 3 saturated carbocycles. The lowest BCUT2D eigenvalue weighted by Gasteiger charge is -2.72. The summed E-state index contributed by atoms with van der Waals surface area (Å²) in [5, 5.41) is 9.09. The number of aromatic carboxylic acids is 1. The summed E-state index contributed by atoms with van der Waals surface area (Å²) in [6.07, 6.45) is 3.28. The zero-order valence-corrected chi connectivity index (χ0v) is 19.2. The van der Waals surface area contributed by atoms with Crippen LogP contribution in [0.5, 0.6) is 0 Å². The molecule has 0 radical (unpaired) electrons. The number of rotatable bonds is 6. The predicted octanol–water partition coefficient (Wildman–Crippen LogP) is 5.45. The minimum absolute atomic E-state index is 0.0805. The van der Waals surface area contributed by atoms with Crippen LogP contribution in [0.1, 0.15) is 62.7 Å². The van der Waals surface area contributed by atoms with Crippen molar-refractivity contribution in [3.8, 4) is 0 Å². The molecular formula is C26H34F2N2O2. The smallest absolute Gasteiger partial charge is 0.335 e. The van der Waals surface area contributed by atoms with Gasteiger partial charge in [0.25, 0.3) is 0 Å². The third-order valence-corrected chi connectivity index (χ3v) is 8.63. The predicted molar refractivity (Wildman–Crippen MR) is 121 cm³/mol. The van der Waals surface area contributed by atoms with Gasteiger partial charge in [0, 0.05) is 43.8 Å². The van der Waals surface area contributed by atoms with Crippen molar-refractivity contribution in [2.24, 2.45) is 16.2 Å². The van der Waals surface area contributed by atoms with Crippen LogP contribution in [0, 0.1) is 16.2 Å².